The van der Waals surface area contributed by atoms with Crippen LogP contribution in [0.2, 0.25) is 0 Å². The van der Waals surface area contributed by atoms with Crippen molar-refractivity contribution in [3.63, 3.8) is 0 Å². The normalized spacial score (nSPS) is 11.8. The van der Waals surface area contributed by atoms with Crippen LogP contribution in [0.15, 0.2) is 206 Å². The Balaban J connectivity index is 1.03. The van der Waals surface area contributed by atoms with Crippen LogP contribution in [0.3, 0.4) is 0 Å². The Bertz CT molecular complexity index is 3340. The van der Waals surface area contributed by atoms with E-state index in [-0.39, 0.29) is 0 Å². The average Bonchev–Trinajstić information content (AvgIpc) is 3.97. The largest absolute Gasteiger partial charge is 0.310 e. The number of thiophene rings is 2. The number of hydrogen-bond donors (Lipinski definition) is 0. The van der Waals surface area contributed by atoms with Gasteiger partial charge in [0.05, 0.1) is 11.0 Å². The topological polar surface area (TPSA) is 8.17 Å². The Hall–Kier alpha value is -6.98. The molecule has 12 aromatic rings. The van der Waals surface area contributed by atoms with E-state index in [1.54, 1.807) is 0 Å². The second-order valence-electron chi connectivity index (χ2n) is 14.9. The van der Waals surface area contributed by atoms with Crippen molar-refractivity contribution < 1.29 is 0 Å². The van der Waals surface area contributed by atoms with Gasteiger partial charge in [-0.3, -0.25) is 0 Å². The molecule has 0 bridgehead atoms. The van der Waals surface area contributed by atoms with Gasteiger partial charge in [-0.2, -0.15) is 0 Å². The van der Waals surface area contributed by atoms with E-state index in [9.17, 15) is 0 Å². The summed E-state index contributed by atoms with van der Waals surface area (Å²) in [4.78, 5) is 2.40. The van der Waals surface area contributed by atoms with Gasteiger partial charge in [-0.1, -0.05) is 127 Å². The van der Waals surface area contributed by atoms with Gasteiger partial charge in [-0.15, -0.1) is 22.7 Å². The van der Waals surface area contributed by atoms with Crippen LogP contribution in [0.5, 0.6) is 0 Å². The molecule has 0 radical (unpaired) electrons. The molecule has 9 aromatic carbocycles. The van der Waals surface area contributed by atoms with E-state index in [0.29, 0.717) is 0 Å². The fraction of sp³-hybridized carbons (Fsp3) is 0. The molecule has 0 unspecified atom stereocenters. The zero-order valence-electron chi connectivity index (χ0n) is 31.3. The first-order valence-corrected chi connectivity index (χ1v) is 21.3. The lowest BCUT2D eigenvalue weighted by Gasteiger charge is -2.26. The fourth-order valence-electron chi connectivity index (χ4n) is 9.01. The second kappa shape index (κ2) is 13.3. The summed E-state index contributed by atoms with van der Waals surface area (Å²) >= 11 is 3.73. The highest BCUT2D eigenvalue weighted by Gasteiger charge is 2.19. The molecule has 0 saturated carbocycles. The van der Waals surface area contributed by atoms with Gasteiger partial charge < -0.3 is 9.47 Å². The highest BCUT2D eigenvalue weighted by atomic mass is 32.1. The molecular formula is C54H34N2S2. The Morgan fingerprint density at radius 1 is 0.328 bits per heavy atom. The number of fused-ring (bicyclic) bond motifs is 9. The van der Waals surface area contributed by atoms with Crippen LogP contribution in [0, 0.1) is 0 Å². The van der Waals surface area contributed by atoms with Crippen LogP contribution in [0.1, 0.15) is 0 Å². The molecule has 3 aromatic heterocycles. The summed E-state index contributed by atoms with van der Waals surface area (Å²) in [6.45, 7) is 0. The third-order valence-electron chi connectivity index (χ3n) is 11.6. The molecular weight excluding hydrogens is 741 g/mol. The summed E-state index contributed by atoms with van der Waals surface area (Å²) in [6, 6.07) is 75.6. The first-order chi connectivity index (χ1) is 28.8. The quantitative estimate of drug-likeness (QED) is 0.163. The van der Waals surface area contributed by atoms with Crippen LogP contribution in [-0.2, 0) is 0 Å². The lowest BCUT2D eigenvalue weighted by Crippen LogP contribution is -2.10. The molecule has 4 heteroatoms. The fourth-order valence-corrected chi connectivity index (χ4v) is 11.3. The van der Waals surface area contributed by atoms with E-state index in [0.717, 1.165) is 22.7 Å². The van der Waals surface area contributed by atoms with Crippen LogP contribution >= 0.6 is 22.7 Å². The summed E-state index contributed by atoms with van der Waals surface area (Å²) in [7, 11) is 0. The van der Waals surface area contributed by atoms with Crippen molar-refractivity contribution in [3.05, 3.63) is 206 Å². The van der Waals surface area contributed by atoms with Crippen molar-refractivity contribution in [2.45, 2.75) is 0 Å². The van der Waals surface area contributed by atoms with Gasteiger partial charge in [0.25, 0.3) is 0 Å². The minimum atomic E-state index is 1.10. The maximum atomic E-state index is 2.40. The summed E-state index contributed by atoms with van der Waals surface area (Å²) < 4.78 is 7.68. The Kier molecular flexibility index (Phi) is 7.62. The number of hydrogen-bond acceptors (Lipinski definition) is 3. The van der Waals surface area contributed by atoms with Crippen LogP contribution in [0.4, 0.5) is 17.1 Å². The van der Waals surface area contributed by atoms with Gasteiger partial charge >= 0.3 is 0 Å². The molecule has 0 aliphatic rings. The van der Waals surface area contributed by atoms with Gasteiger partial charge in [0.15, 0.2) is 0 Å². The van der Waals surface area contributed by atoms with Gasteiger partial charge in [0.2, 0.25) is 0 Å². The molecule has 0 N–H and O–H groups in total. The summed E-state index contributed by atoms with van der Waals surface area (Å²) in [5.41, 5.74) is 11.8. The van der Waals surface area contributed by atoms with Gasteiger partial charge in [-0.25, -0.2) is 0 Å². The number of anilines is 3. The molecule has 272 valence electrons. The van der Waals surface area contributed by atoms with Crippen molar-refractivity contribution in [1.29, 1.82) is 0 Å². The SMILES string of the molecule is c1ccc(-n2c3ccccc3c3ccc(N(c4ccc(-c5cccc6sc7ccccc7c56)cc4)c4ccc(-c5cccc6sc7ccccc7c56)cc4)cc32)cc1. The van der Waals surface area contributed by atoms with Gasteiger partial charge in [0.1, 0.15) is 0 Å². The lowest BCUT2D eigenvalue weighted by atomic mass is 9.98. The third kappa shape index (κ3) is 5.23. The lowest BCUT2D eigenvalue weighted by molar-refractivity contribution is 1.18. The third-order valence-corrected chi connectivity index (χ3v) is 13.9. The van der Waals surface area contributed by atoms with Crippen molar-refractivity contribution in [3.8, 4) is 27.9 Å². The first kappa shape index (κ1) is 33.2. The maximum absolute atomic E-state index is 2.40. The monoisotopic (exact) mass is 774 g/mol. The predicted octanol–water partition coefficient (Wildman–Crippen LogP) is 16.3. The standard InChI is InChI=1S/C54H34N2S2/c1-2-12-37(13-3-1)56-47-19-7-4-14-43(47)44-33-32-40(34-48(44)56)55(38-28-24-35(25-29-38)41-17-10-22-51-53(41)45-15-5-8-20-49(45)57-51)39-30-26-36(27-31-39)42-18-11-23-52-54(42)46-16-6-9-21-50(46)58-52/h1-34H. The smallest absolute Gasteiger partial charge is 0.0561 e. The molecule has 0 spiro atoms. The van der Waals surface area contributed by atoms with Crippen LogP contribution in [-0.4, -0.2) is 4.57 Å². The van der Waals surface area contributed by atoms with E-state index in [1.807, 2.05) is 22.7 Å². The first-order valence-electron chi connectivity index (χ1n) is 19.7. The summed E-state index contributed by atoms with van der Waals surface area (Å²) in [5.74, 6) is 0. The van der Waals surface area contributed by atoms with Gasteiger partial charge in [0, 0.05) is 73.9 Å². The zero-order valence-corrected chi connectivity index (χ0v) is 33.0. The predicted molar refractivity (Wildman–Crippen MR) is 252 cm³/mol. The number of rotatable bonds is 6. The highest BCUT2D eigenvalue weighted by Crippen LogP contribution is 2.44. The van der Waals surface area contributed by atoms with Crippen LogP contribution < -0.4 is 4.90 Å². The minimum Gasteiger partial charge on any atom is -0.310 e. The number of aromatic nitrogens is 1. The van der Waals surface area contributed by atoms with E-state index in [2.05, 4.69) is 216 Å². The number of para-hydroxylation sites is 2. The van der Waals surface area contributed by atoms with Crippen molar-refractivity contribution >= 4 is 102 Å². The Morgan fingerprint density at radius 2 is 0.793 bits per heavy atom. The van der Waals surface area contributed by atoms with E-state index >= 15 is 0 Å². The molecule has 0 aliphatic heterocycles. The van der Waals surface area contributed by atoms with Crippen molar-refractivity contribution in [2.75, 3.05) is 4.90 Å². The molecule has 0 fully saturated rings. The molecule has 0 aliphatic carbocycles. The average molecular weight is 775 g/mol. The van der Waals surface area contributed by atoms with E-state index < -0.39 is 0 Å². The van der Waals surface area contributed by atoms with Gasteiger partial charge in [-0.05, 0) is 101 Å². The highest BCUT2D eigenvalue weighted by molar-refractivity contribution is 7.26. The molecule has 0 atom stereocenters. The molecule has 0 saturated heterocycles. The Labute approximate surface area is 343 Å². The molecule has 58 heavy (non-hydrogen) atoms. The van der Waals surface area contributed by atoms with E-state index in [4.69, 9.17) is 0 Å². The number of nitrogens with zero attached hydrogens (tertiary/aromatic N) is 2. The molecule has 12 rings (SSSR count). The molecule has 2 nitrogen and oxygen atoms in total. The molecule has 0 amide bonds. The van der Waals surface area contributed by atoms with Crippen LogP contribution in [0.25, 0.3) is 90.1 Å². The summed E-state index contributed by atoms with van der Waals surface area (Å²) in [5, 5.41) is 7.78. The maximum Gasteiger partial charge on any atom is 0.0561 e. The van der Waals surface area contributed by atoms with Crippen molar-refractivity contribution in [1.82, 2.24) is 4.57 Å². The number of benzene rings is 9. The van der Waals surface area contributed by atoms with E-state index in [1.165, 1.54) is 84.4 Å². The second-order valence-corrected chi connectivity index (χ2v) is 17.0. The zero-order chi connectivity index (χ0) is 38.2. The molecule has 3 heterocycles. The Morgan fingerprint density at radius 3 is 1.38 bits per heavy atom. The minimum absolute atomic E-state index is 1.10. The van der Waals surface area contributed by atoms with Crippen molar-refractivity contribution in [2.24, 2.45) is 0 Å². The summed E-state index contributed by atoms with van der Waals surface area (Å²) in [6.07, 6.45) is 0.